The van der Waals surface area contributed by atoms with Crippen molar-refractivity contribution < 1.29 is 23.2 Å². The predicted octanol–water partition coefficient (Wildman–Crippen LogP) is 5.89. The van der Waals surface area contributed by atoms with Crippen molar-refractivity contribution in [3.05, 3.63) is 91.4 Å². The van der Waals surface area contributed by atoms with E-state index in [2.05, 4.69) is 0 Å². The second-order valence-corrected chi connectivity index (χ2v) is 9.39. The maximum atomic E-state index is 13.0. The Bertz CT molecular complexity index is 1190. The molecule has 0 fully saturated rings. The maximum absolute atomic E-state index is 13.0. The molecular formula is C19H12Cl4O5S. The summed E-state index contributed by atoms with van der Waals surface area (Å²) in [5, 5.41) is 21.1. The van der Waals surface area contributed by atoms with E-state index in [0.717, 1.165) is 18.2 Å². The van der Waals surface area contributed by atoms with Crippen LogP contribution in [0.25, 0.3) is 0 Å². The van der Waals surface area contributed by atoms with Crippen LogP contribution in [0.3, 0.4) is 0 Å². The molecule has 0 bridgehead atoms. The number of phenolic OH excluding ortho intramolecular Hbond substituents is 2. The second-order valence-electron chi connectivity index (χ2n) is 6.11. The molecule has 3 aromatic rings. The number of aromatic hydroxyl groups is 2. The lowest BCUT2D eigenvalue weighted by Gasteiger charge is -2.34. The topological polar surface area (TPSA) is 94.8 Å². The van der Waals surface area contributed by atoms with Crippen LogP contribution in [0.4, 0.5) is 0 Å². The standard InChI is InChI=1S/C19H12Cl4O5S/c20-11-3-1-2-10(6-11)19(29(26,27)28,14-7-12(21)4-5-16(14)24)18-15(23)8-13(22)9-17(18)25/h1-9,24-25H,(H,26,27,28). The van der Waals surface area contributed by atoms with Crippen molar-refractivity contribution in [2.24, 2.45) is 0 Å². The summed E-state index contributed by atoms with van der Waals surface area (Å²) in [6.07, 6.45) is 0. The number of hydrogen-bond acceptors (Lipinski definition) is 4. The first-order chi connectivity index (χ1) is 13.5. The molecule has 152 valence electrons. The number of benzene rings is 3. The molecule has 0 spiro atoms. The monoisotopic (exact) mass is 492 g/mol. The van der Waals surface area contributed by atoms with E-state index >= 15 is 0 Å². The fourth-order valence-electron chi connectivity index (χ4n) is 3.26. The lowest BCUT2D eigenvalue weighted by atomic mass is 9.83. The van der Waals surface area contributed by atoms with Crippen molar-refractivity contribution >= 4 is 56.5 Å². The highest BCUT2D eigenvalue weighted by Gasteiger charge is 2.53. The smallest absolute Gasteiger partial charge is 0.283 e. The van der Waals surface area contributed by atoms with Crippen molar-refractivity contribution in [1.29, 1.82) is 0 Å². The van der Waals surface area contributed by atoms with Gasteiger partial charge in [-0.05, 0) is 48.0 Å². The summed E-state index contributed by atoms with van der Waals surface area (Å²) in [6, 6.07) is 11.4. The predicted molar refractivity (Wildman–Crippen MR) is 114 cm³/mol. The van der Waals surface area contributed by atoms with E-state index in [1.807, 2.05) is 0 Å². The van der Waals surface area contributed by atoms with Crippen molar-refractivity contribution in [2.45, 2.75) is 4.75 Å². The largest absolute Gasteiger partial charge is 0.508 e. The Labute approximate surface area is 186 Å². The molecule has 0 aromatic heterocycles. The van der Waals surface area contributed by atoms with Crippen LogP contribution in [0.5, 0.6) is 11.5 Å². The number of phenols is 2. The summed E-state index contributed by atoms with van der Waals surface area (Å²) in [6.45, 7) is 0. The first kappa shape index (κ1) is 22.0. The van der Waals surface area contributed by atoms with E-state index in [4.69, 9.17) is 46.4 Å². The molecule has 10 heteroatoms. The molecule has 0 aliphatic heterocycles. The molecule has 0 amide bonds. The van der Waals surface area contributed by atoms with Crippen LogP contribution < -0.4 is 0 Å². The van der Waals surface area contributed by atoms with Crippen LogP contribution in [-0.4, -0.2) is 23.2 Å². The number of rotatable bonds is 4. The number of hydrogen-bond donors (Lipinski definition) is 3. The first-order valence-corrected chi connectivity index (χ1v) is 10.8. The van der Waals surface area contributed by atoms with Crippen LogP contribution in [0.15, 0.2) is 54.6 Å². The third-order valence-corrected chi connectivity index (χ3v) is 6.76. The normalized spacial score (nSPS) is 13.8. The Morgan fingerprint density at radius 2 is 1.41 bits per heavy atom. The summed E-state index contributed by atoms with van der Waals surface area (Å²) in [7, 11) is -5.16. The average Bonchev–Trinajstić information content (AvgIpc) is 2.59. The highest BCUT2D eigenvalue weighted by atomic mass is 35.5. The summed E-state index contributed by atoms with van der Waals surface area (Å²) < 4.78 is 33.9. The molecule has 5 nitrogen and oxygen atoms in total. The SMILES string of the molecule is O=S(=O)(O)C(c1cccc(Cl)c1)(c1cc(Cl)ccc1O)c1c(O)cc(Cl)cc1Cl. The molecule has 0 aliphatic carbocycles. The zero-order valence-corrected chi connectivity index (χ0v) is 18.1. The van der Waals surface area contributed by atoms with E-state index < -0.39 is 31.9 Å². The fraction of sp³-hybridized carbons (Fsp3) is 0.0526. The molecule has 0 aliphatic rings. The summed E-state index contributed by atoms with van der Waals surface area (Å²) in [4.78, 5) is 0. The number of halogens is 4. The Morgan fingerprint density at radius 1 is 0.759 bits per heavy atom. The molecule has 0 radical (unpaired) electrons. The Hall–Kier alpha value is -1.67. The Morgan fingerprint density at radius 3 is 2.00 bits per heavy atom. The van der Waals surface area contributed by atoms with Gasteiger partial charge in [0.2, 0.25) is 0 Å². The van der Waals surface area contributed by atoms with Gasteiger partial charge in [0, 0.05) is 26.2 Å². The third kappa shape index (κ3) is 3.77. The van der Waals surface area contributed by atoms with Crippen LogP contribution in [-0.2, 0) is 14.9 Å². The molecule has 3 aromatic carbocycles. The Kier molecular flexibility index (Phi) is 5.98. The van der Waals surface area contributed by atoms with Crippen LogP contribution in [0, 0.1) is 0 Å². The van der Waals surface area contributed by atoms with Crippen LogP contribution >= 0.6 is 46.4 Å². The highest BCUT2D eigenvalue weighted by Crippen LogP contribution is 2.53. The highest BCUT2D eigenvalue weighted by molar-refractivity contribution is 7.87. The van der Waals surface area contributed by atoms with Gasteiger partial charge in [-0.1, -0.05) is 58.5 Å². The van der Waals surface area contributed by atoms with E-state index in [1.54, 1.807) is 0 Å². The molecule has 0 saturated heterocycles. The van der Waals surface area contributed by atoms with E-state index in [0.29, 0.717) is 0 Å². The van der Waals surface area contributed by atoms with Crippen molar-refractivity contribution in [3.8, 4) is 11.5 Å². The van der Waals surface area contributed by atoms with Gasteiger partial charge in [-0.2, -0.15) is 8.42 Å². The fourth-order valence-corrected chi connectivity index (χ4v) is 5.64. The summed E-state index contributed by atoms with van der Waals surface area (Å²) in [5.74, 6) is -1.14. The molecule has 0 saturated carbocycles. The third-order valence-electron chi connectivity index (χ3n) is 4.34. The molecule has 3 rings (SSSR count). The van der Waals surface area contributed by atoms with Gasteiger partial charge in [0.05, 0.1) is 5.02 Å². The lowest BCUT2D eigenvalue weighted by molar-refractivity contribution is 0.428. The van der Waals surface area contributed by atoms with Crippen molar-refractivity contribution in [2.75, 3.05) is 0 Å². The van der Waals surface area contributed by atoms with Gasteiger partial charge in [0.25, 0.3) is 10.1 Å². The molecule has 1 unspecified atom stereocenters. The summed E-state index contributed by atoms with van der Waals surface area (Å²) >= 11 is 24.3. The maximum Gasteiger partial charge on any atom is 0.283 e. The van der Waals surface area contributed by atoms with E-state index in [-0.39, 0.29) is 31.2 Å². The minimum absolute atomic E-state index is 0.0295. The van der Waals surface area contributed by atoms with E-state index in [1.165, 1.54) is 36.4 Å². The minimum atomic E-state index is -5.16. The van der Waals surface area contributed by atoms with E-state index in [9.17, 15) is 23.2 Å². The quantitative estimate of drug-likeness (QED) is 0.311. The van der Waals surface area contributed by atoms with Gasteiger partial charge in [0.1, 0.15) is 11.5 Å². The zero-order valence-electron chi connectivity index (χ0n) is 14.3. The zero-order chi connectivity index (χ0) is 21.6. The molecule has 1 atom stereocenters. The minimum Gasteiger partial charge on any atom is -0.508 e. The van der Waals surface area contributed by atoms with Gasteiger partial charge in [-0.3, -0.25) is 4.55 Å². The van der Waals surface area contributed by atoms with Gasteiger partial charge in [-0.25, -0.2) is 0 Å². The Balaban J connectivity index is 2.65. The molecular weight excluding hydrogens is 482 g/mol. The van der Waals surface area contributed by atoms with Crippen LogP contribution in [0.1, 0.15) is 16.7 Å². The van der Waals surface area contributed by atoms with Crippen molar-refractivity contribution in [1.82, 2.24) is 0 Å². The van der Waals surface area contributed by atoms with Gasteiger partial charge >= 0.3 is 0 Å². The lowest BCUT2D eigenvalue weighted by Crippen LogP contribution is -2.38. The van der Waals surface area contributed by atoms with Crippen LogP contribution in [0.2, 0.25) is 20.1 Å². The van der Waals surface area contributed by atoms with Gasteiger partial charge < -0.3 is 10.2 Å². The second kappa shape index (κ2) is 7.87. The average molecular weight is 494 g/mol. The van der Waals surface area contributed by atoms with Crippen molar-refractivity contribution in [3.63, 3.8) is 0 Å². The molecule has 0 heterocycles. The molecule has 3 N–H and O–H groups in total. The molecule has 29 heavy (non-hydrogen) atoms. The van der Waals surface area contributed by atoms with Gasteiger partial charge in [-0.15, -0.1) is 0 Å². The van der Waals surface area contributed by atoms with Gasteiger partial charge in [0.15, 0.2) is 4.75 Å². The first-order valence-electron chi connectivity index (χ1n) is 7.89. The summed E-state index contributed by atoms with van der Waals surface area (Å²) in [5.41, 5.74) is -0.857.